The summed E-state index contributed by atoms with van der Waals surface area (Å²) in [4.78, 5) is 0. The Morgan fingerprint density at radius 2 is 1.30 bits per heavy atom. The molecule has 2 aromatic heterocycles. The van der Waals surface area contributed by atoms with Gasteiger partial charge >= 0.3 is 0 Å². The van der Waals surface area contributed by atoms with E-state index in [2.05, 4.69) is 15.3 Å². The summed E-state index contributed by atoms with van der Waals surface area (Å²) in [6, 6.07) is 9.49. The number of benzene rings is 2. The van der Waals surface area contributed by atoms with Crippen molar-refractivity contribution >= 4 is 23.2 Å². The molecule has 2 heterocycles. The Kier molecular flexibility index (Phi) is 7.92. The molecule has 0 atom stereocenters. The number of aromatic amines is 1. The Morgan fingerprint density at radius 3 is 1.70 bits per heavy atom. The third-order valence-corrected chi connectivity index (χ3v) is 6.48. The van der Waals surface area contributed by atoms with Gasteiger partial charge < -0.3 is 0 Å². The van der Waals surface area contributed by atoms with E-state index in [0.717, 1.165) is 33.9 Å². The lowest BCUT2D eigenvalue weighted by atomic mass is 10.0. The quantitative estimate of drug-likeness (QED) is 0.340. The van der Waals surface area contributed by atoms with Crippen molar-refractivity contribution < 1.29 is 8.78 Å². The second-order valence-electron chi connectivity index (χ2n) is 7.94. The van der Waals surface area contributed by atoms with E-state index >= 15 is 0 Å². The highest BCUT2D eigenvalue weighted by atomic mass is 35.5. The lowest BCUT2D eigenvalue weighted by molar-refractivity contribution is 0.613. The minimum Gasteiger partial charge on any atom is -0.282 e. The number of hydrogen-bond acceptors (Lipinski definition) is 2. The first kappa shape index (κ1) is 24.9. The van der Waals surface area contributed by atoms with E-state index < -0.39 is 0 Å². The number of nitrogens with zero attached hydrogens (tertiary/aromatic N) is 3. The molecule has 4 rings (SSSR count). The molecule has 174 valence electrons. The number of aromatic nitrogens is 4. The van der Waals surface area contributed by atoms with Gasteiger partial charge in [0.15, 0.2) is 0 Å². The van der Waals surface area contributed by atoms with Crippen molar-refractivity contribution in [2.24, 2.45) is 7.05 Å². The standard InChI is InChI=1S/C13H14ClFN2.C12H12ClFN2/c1-8-10(9(2)17(3)16-8)7-11-12(14)5-4-6-13(11)15;1-7-9(8(2)16-15-7)6-10-11(13)4-3-5-12(10)14/h4-6H,7H2,1-3H3;3-5H,6H2,1-2H3,(H,15,16). The molecule has 33 heavy (non-hydrogen) atoms. The van der Waals surface area contributed by atoms with Gasteiger partial charge in [0.2, 0.25) is 0 Å². The maximum absolute atomic E-state index is 13.7. The van der Waals surface area contributed by atoms with Gasteiger partial charge in [-0.25, -0.2) is 8.78 Å². The van der Waals surface area contributed by atoms with E-state index in [9.17, 15) is 8.78 Å². The Morgan fingerprint density at radius 1 is 0.788 bits per heavy atom. The van der Waals surface area contributed by atoms with Crippen molar-refractivity contribution in [1.29, 1.82) is 0 Å². The van der Waals surface area contributed by atoms with Crippen LogP contribution in [0.2, 0.25) is 10.0 Å². The predicted octanol–water partition coefficient (Wildman–Crippen LogP) is 6.83. The van der Waals surface area contributed by atoms with Gasteiger partial charge in [-0.3, -0.25) is 9.78 Å². The zero-order chi connectivity index (χ0) is 24.3. The minimum atomic E-state index is -0.271. The fraction of sp³-hybridized carbons (Fsp3) is 0.280. The summed E-state index contributed by atoms with van der Waals surface area (Å²) < 4.78 is 29.1. The molecule has 4 aromatic rings. The van der Waals surface area contributed by atoms with Crippen LogP contribution in [0.1, 0.15) is 45.0 Å². The number of aryl methyl sites for hydroxylation is 4. The summed E-state index contributed by atoms with van der Waals surface area (Å²) in [5.74, 6) is -0.535. The summed E-state index contributed by atoms with van der Waals surface area (Å²) >= 11 is 12.0. The van der Waals surface area contributed by atoms with Gasteiger partial charge in [0.25, 0.3) is 0 Å². The molecule has 0 radical (unpaired) electrons. The van der Waals surface area contributed by atoms with E-state index in [1.54, 1.807) is 28.9 Å². The van der Waals surface area contributed by atoms with Crippen molar-refractivity contribution in [2.75, 3.05) is 0 Å². The van der Waals surface area contributed by atoms with E-state index in [1.165, 1.54) is 12.1 Å². The first-order valence-electron chi connectivity index (χ1n) is 10.4. The van der Waals surface area contributed by atoms with Crippen molar-refractivity contribution in [3.63, 3.8) is 0 Å². The molecular weight excluding hydrogens is 465 g/mol. The summed E-state index contributed by atoms with van der Waals surface area (Å²) in [6.07, 6.45) is 0.955. The van der Waals surface area contributed by atoms with Crippen LogP contribution in [0.4, 0.5) is 8.78 Å². The van der Waals surface area contributed by atoms with Crippen LogP contribution >= 0.6 is 23.2 Å². The van der Waals surface area contributed by atoms with Gasteiger partial charge in [-0.05, 0) is 52.0 Å². The van der Waals surface area contributed by atoms with Crippen LogP contribution < -0.4 is 0 Å². The first-order chi connectivity index (χ1) is 15.6. The minimum absolute atomic E-state index is 0.264. The monoisotopic (exact) mass is 490 g/mol. The van der Waals surface area contributed by atoms with Crippen LogP contribution in [-0.2, 0) is 19.9 Å². The summed E-state index contributed by atoms with van der Waals surface area (Å²) in [5.41, 5.74) is 6.91. The number of nitrogens with one attached hydrogen (secondary N) is 1. The molecule has 2 aromatic carbocycles. The third-order valence-electron chi connectivity index (χ3n) is 5.77. The maximum atomic E-state index is 13.7. The molecule has 0 aliphatic heterocycles. The topological polar surface area (TPSA) is 46.5 Å². The molecule has 0 amide bonds. The van der Waals surface area contributed by atoms with Gasteiger partial charge in [0.05, 0.1) is 11.4 Å². The van der Waals surface area contributed by atoms with Gasteiger partial charge in [-0.2, -0.15) is 10.2 Å². The molecule has 0 saturated carbocycles. The molecule has 0 fully saturated rings. The van der Waals surface area contributed by atoms with Gasteiger partial charge in [-0.1, -0.05) is 35.3 Å². The second kappa shape index (κ2) is 10.5. The lowest BCUT2D eigenvalue weighted by Gasteiger charge is -2.06. The van der Waals surface area contributed by atoms with Crippen molar-refractivity contribution in [1.82, 2.24) is 20.0 Å². The summed E-state index contributed by atoms with van der Waals surface area (Å²) in [5, 5.41) is 12.2. The average molecular weight is 491 g/mol. The highest BCUT2D eigenvalue weighted by Gasteiger charge is 2.15. The van der Waals surface area contributed by atoms with Crippen molar-refractivity contribution in [2.45, 2.75) is 40.5 Å². The zero-order valence-corrected chi connectivity index (χ0v) is 20.7. The molecule has 0 aliphatic carbocycles. The van der Waals surface area contributed by atoms with E-state index in [1.807, 2.05) is 34.7 Å². The second-order valence-corrected chi connectivity index (χ2v) is 8.75. The Balaban J connectivity index is 0.000000186. The smallest absolute Gasteiger partial charge is 0.128 e. The number of rotatable bonds is 4. The number of H-pyrrole nitrogens is 1. The summed E-state index contributed by atoms with van der Waals surface area (Å²) in [6.45, 7) is 7.72. The van der Waals surface area contributed by atoms with E-state index in [-0.39, 0.29) is 11.6 Å². The fourth-order valence-corrected chi connectivity index (χ4v) is 4.12. The predicted molar refractivity (Wildman–Crippen MR) is 129 cm³/mol. The molecule has 0 saturated heterocycles. The molecule has 0 unspecified atom stereocenters. The highest BCUT2D eigenvalue weighted by molar-refractivity contribution is 6.31. The van der Waals surface area contributed by atoms with Crippen LogP contribution in [0.3, 0.4) is 0 Å². The van der Waals surface area contributed by atoms with Crippen LogP contribution in [0.25, 0.3) is 0 Å². The summed E-state index contributed by atoms with van der Waals surface area (Å²) in [7, 11) is 1.88. The van der Waals surface area contributed by atoms with Gasteiger partial charge in [0, 0.05) is 63.6 Å². The van der Waals surface area contributed by atoms with Crippen molar-refractivity contribution in [3.05, 3.63) is 103 Å². The first-order valence-corrected chi connectivity index (χ1v) is 11.2. The Labute approximate surface area is 202 Å². The molecule has 0 spiro atoms. The molecule has 1 N–H and O–H groups in total. The number of halogens is 4. The Hall–Kier alpha value is -2.70. The molecule has 0 aliphatic rings. The van der Waals surface area contributed by atoms with Crippen LogP contribution in [-0.4, -0.2) is 20.0 Å². The number of hydrogen-bond donors (Lipinski definition) is 1. The third kappa shape index (κ3) is 5.63. The maximum Gasteiger partial charge on any atom is 0.128 e. The molecule has 4 nitrogen and oxygen atoms in total. The van der Waals surface area contributed by atoms with Crippen molar-refractivity contribution in [3.8, 4) is 0 Å². The SMILES string of the molecule is Cc1n[nH]c(C)c1Cc1c(F)cccc1Cl.Cc1nn(C)c(C)c1Cc1c(F)cccc1Cl. The average Bonchev–Trinajstić information content (AvgIpc) is 3.20. The van der Waals surface area contributed by atoms with Crippen LogP contribution in [0, 0.1) is 39.3 Å². The molecule has 8 heteroatoms. The normalized spacial score (nSPS) is 10.8. The van der Waals surface area contributed by atoms with E-state index in [0.29, 0.717) is 34.0 Å². The fourth-order valence-electron chi connectivity index (χ4n) is 3.66. The van der Waals surface area contributed by atoms with Crippen LogP contribution in [0.15, 0.2) is 36.4 Å². The molecule has 0 bridgehead atoms. The van der Waals surface area contributed by atoms with Crippen LogP contribution in [0.5, 0.6) is 0 Å². The highest BCUT2D eigenvalue weighted by Crippen LogP contribution is 2.25. The van der Waals surface area contributed by atoms with E-state index in [4.69, 9.17) is 23.2 Å². The van der Waals surface area contributed by atoms with Gasteiger partial charge in [0.1, 0.15) is 11.6 Å². The molecular formula is C25H26Cl2F2N4. The van der Waals surface area contributed by atoms with Gasteiger partial charge in [-0.15, -0.1) is 0 Å². The Bertz CT molecular complexity index is 1220. The lowest BCUT2D eigenvalue weighted by Crippen LogP contribution is -1.98. The zero-order valence-electron chi connectivity index (χ0n) is 19.2. The largest absolute Gasteiger partial charge is 0.282 e.